The van der Waals surface area contributed by atoms with E-state index in [1.165, 1.54) is 11.8 Å². The SMILES string of the molecule is Cc1sc2nc(S[C@H](C)C(=O)N3CCC(C)CC3)n(C(C)C)c(=O)c2c1C. The lowest BCUT2D eigenvalue weighted by molar-refractivity contribution is -0.131. The third-order valence-electron chi connectivity index (χ3n) is 5.44. The first kappa shape index (κ1) is 20.4. The Kier molecular flexibility index (Phi) is 6.01. The summed E-state index contributed by atoms with van der Waals surface area (Å²) >= 11 is 2.97. The smallest absolute Gasteiger partial charge is 0.263 e. The summed E-state index contributed by atoms with van der Waals surface area (Å²) in [6, 6.07) is -0.00496. The number of carbonyl (C=O) groups is 1. The molecule has 1 amide bonds. The second kappa shape index (κ2) is 7.95. The molecule has 1 aliphatic rings. The van der Waals surface area contributed by atoms with Gasteiger partial charge in [0.1, 0.15) is 4.83 Å². The number of carbonyl (C=O) groups excluding carboxylic acids is 1. The van der Waals surface area contributed by atoms with Gasteiger partial charge in [-0.3, -0.25) is 14.2 Å². The molecule has 148 valence electrons. The molecule has 0 unspecified atom stereocenters. The summed E-state index contributed by atoms with van der Waals surface area (Å²) < 4.78 is 1.74. The van der Waals surface area contributed by atoms with Crippen LogP contribution in [0.25, 0.3) is 10.2 Å². The Morgan fingerprint density at radius 2 is 1.85 bits per heavy atom. The average molecular weight is 408 g/mol. The Morgan fingerprint density at radius 1 is 1.22 bits per heavy atom. The molecule has 1 aliphatic heterocycles. The van der Waals surface area contributed by atoms with E-state index >= 15 is 0 Å². The highest BCUT2D eigenvalue weighted by molar-refractivity contribution is 8.00. The van der Waals surface area contributed by atoms with E-state index in [9.17, 15) is 9.59 Å². The number of aryl methyl sites for hydroxylation is 2. The normalized spacial score (nSPS) is 17.1. The molecule has 1 fully saturated rings. The van der Waals surface area contributed by atoms with Crippen LogP contribution in [0.2, 0.25) is 0 Å². The standard InChI is InChI=1S/C20H29N3O2S2/c1-11(2)23-19(25)16-13(4)14(5)26-17(16)21-20(23)27-15(6)18(24)22-9-7-12(3)8-10-22/h11-12,15H,7-10H2,1-6H3/t15-/m1/s1. The van der Waals surface area contributed by atoms with Crippen molar-refractivity contribution in [2.45, 2.75) is 70.8 Å². The van der Waals surface area contributed by atoms with Crippen LogP contribution in [-0.4, -0.2) is 38.7 Å². The van der Waals surface area contributed by atoms with Gasteiger partial charge in [0, 0.05) is 24.0 Å². The fourth-order valence-electron chi connectivity index (χ4n) is 3.52. The summed E-state index contributed by atoms with van der Waals surface area (Å²) in [5.74, 6) is 0.840. The van der Waals surface area contributed by atoms with Gasteiger partial charge in [-0.25, -0.2) is 4.98 Å². The van der Waals surface area contributed by atoms with Crippen LogP contribution in [0.1, 0.15) is 57.0 Å². The van der Waals surface area contributed by atoms with Crippen LogP contribution in [-0.2, 0) is 4.79 Å². The molecule has 0 radical (unpaired) electrons. The molecule has 0 aliphatic carbocycles. The highest BCUT2D eigenvalue weighted by Gasteiger charge is 2.27. The predicted octanol–water partition coefficient (Wildman–Crippen LogP) is 4.39. The van der Waals surface area contributed by atoms with E-state index in [2.05, 4.69) is 6.92 Å². The van der Waals surface area contributed by atoms with Gasteiger partial charge < -0.3 is 4.90 Å². The number of likely N-dealkylation sites (tertiary alicyclic amines) is 1. The molecule has 3 rings (SSSR count). The Hall–Kier alpha value is -1.34. The number of aromatic nitrogens is 2. The molecule has 3 heterocycles. The van der Waals surface area contributed by atoms with Gasteiger partial charge >= 0.3 is 0 Å². The number of hydrogen-bond donors (Lipinski definition) is 0. The molecule has 5 nitrogen and oxygen atoms in total. The highest BCUT2D eigenvalue weighted by Crippen LogP contribution is 2.31. The van der Waals surface area contributed by atoms with Gasteiger partial charge in [0.15, 0.2) is 5.16 Å². The van der Waals surface area contributed by atoms with Crippen molar-refractivity contribution in [2.24, 2.45) is 5.92 Å². The number of amides is 1. The Bertz CT molecular complexity index is 908. The molecule has 1 saturated heterocycles. The monoisotopic (exact) mass is 407 g/mol. The molecule has 0 spiro atoms. The maximum absolute atomic E-state index is 13.1. The molecule has 0 aromatic carbocycles. The number of fused-ring (bicyclic) bond motifs is 1. The van der Waals surface area contributed by atoms with Crippen LogP contribution in [0.5, 0.6) is 0 Å². The minimum Gasteiger partial charge on any atom is -0.342 e. The van der Waals surface area contributed by atoms with E-state index < -0.39 is 0 Å². The average Bonchev–Trinajstić information content (AvgIpc) is 2.89. The second-order valence-corrected chi connectivity index (χ2v) is 10.4. The predicted molar refractivity (Wildman–Crippen MR) is 114 cm³/mol. The van der Waals surface area contributed by atoms with E-state index in [1.54, 1.807) is 15.9 Å². The molecule has 27 heavy (non-hydrogen) atoms. The summed E-state index contributed by atoms with van der Waals surface area (Å²) in [5.41, 5.74) is 1.02. The van der Waals surface area contributed by atoms with Crippen molar-refractivity contribution >= 4 is 39.2 Å². The van der Waals surface area contributed by atoms with Gasteiger partial charge in [0.05, 0.1) is 10.6 Å². The number of piperidine rings is 1. The Morgan fingerprint density at radius 3 is 2.44 bits per heavy atom. The number of rotatable bonds is 4. The number of thioether (sulfide) groups is 1. The lowest BCUT2D eigenvalue weighted by atomic mass is 9.99. The topological polar surface area (TPSA) is 55.2 Å². The van der Waals surface area contributed by atoms with Crippen molar-refractivity contribution in [3.63, 3.8) is 0 Å². The second-order valence-electron chi connectivity index (χ2n) is 7.89. The fraction of sp³-hybridized carbons (Fsp3) is 0.650. The Labute approximate surface area is 169 Å². The summed E-state index contributed by atoms with van der Waals surface area (Å²) in [5, 5.41) is 1.12. The quantitative estimate of drug-likeness (QED) is 0.557. The number of thiophene rings is 1. The van der Waals surface area contributed by atoms with Crippen molar-refractivity contribution < 1.29 is 4.79 Å². The zero-order valence-electron chi connectivity index (χ0n) is 17.0. The first-order chi connectivity index (χ1) is 12.7. The maximum Gasteiger partial charge on any atom is 0.263 e. The zero-order valence-corrected chi connectivity index (χ0v) is 18.7. The lowest BCUT2D eigenvalue weighted by Gasteiger charge is -2.32. The van der Waals surface area contributed by atoms with E-state index in [1.807, 2.05) is 39.5 Å². The zero-order chi connectivity index (χ0) is 19.9. The van der Waals surface area contributed by atoms with Crippen LogP contribution in [0.15, 0.2) is 9.95 Å². The van der Waals surface area contributed by atoms with Crippen LogP contribution in [0.4, 0.5) is 0 Å². The van der Waals surface area contributed by atoms with Crippen molar-refractivity contribution in [1.82, 2.24) is 14.5 Å². The molecule has 2 aromatic heterocycles. The highest BCUT2D eigenvalue weighted by atomic mass is 32.2. The van der Waals surface area contributed by atoms with Crippen LogP contribution < -0.4 is 5.56 Å². The molecule has 7 heteroatoms. The lowest BCUT2D eigenvalue weighted by Crippen LogP contribution is -2.42. The van der Waals surface area contributed by atoms with Crippen molar-refractivity contribution in [1.29, 1.82) is 0 Å². The van der Waals surface area contributed by atoms with Gasteiger partial charge in [-0.2, -0.15) is 0 Å². The van der Waals surface area contributed by atoms with Crippen LogP contribution in [0.3, 0.4) is 0 Å². The summed E-state index contributed by atoms with van der Waals surface area (Å²) in [7, 11) is 0. The van der Waals surface area contributed by atoms with Crippen molar-refractivity contribution in [3.05, 3.63) is 20.8 Å². The molecular formula is C20H29N3O2S2. The van der Waals surface area contributed by atoms with Crippen LogP contribution >= 0.6 is 23.1 Å². The summed E-state index contributed by atoms with van der Waals surface area (Å²) in [4.78, 5) is 34.7. The van der Waals surface area contributed by atoms with Crippen molar-refractivity contribution in [3.8, 4) is 0 Å². The van der Waals surface area contributed by atoms with Gasteiger partial charge in [0.25, 0.3) is 5.56 Å². The van der Waals surface area contributed by atoms with E-state index in [-0.39, 0.29) is 22.8 Å². The molecule has 1 atom stereocenters. The number of hydrogen-bond acceptors (Lipinski definition) is 5. The van der Waals surface area contributed by atoms with Crippen molar-refractivity contribution in [2.75, 3.05) is 13.1 Å². The molecule has 0 saturated carbocycles. The third kappa shape index (κ3) is 3.94. The molecule has 0 bridgehead atoms. The summed E-state index contributed by atoms with van der Waals surface area (Å²) in [6.07, 6.45) is 2.13. The first-order valence-corrected chi connectivity index (χ1v) is 11.4. The molecular weight excluding hydrogens is 378 g/mol. The van der Waals surface area contributed by atoms with E-state index in [0.717, 1.165) is 46.6 Å². The number of nitrogens with zero attached hydrogens (tertiary/aromatic N) is 3. The first-order valence-electron chi connectivity index (χ1n) is 9.68. The van der Waals surface area contributed by atoms with Gasteiger partial charge in [-0.15, -0.1) is 11.3 Å². The largest absolute Gasteiger partial charge is 0.342 e. The van der Waals surface area contributed by atoms with E-state index in [0.29, 0.717) is 11.1 Å². The fourth-order valence-corrected chi connectivity index (χ4v) is 5.72. The van der Waals surface area contributed by atoms with Gasteiger partial charge in [-0.05, 0) is 58.9 Å². The molecule has 2 aromatic rings. The minimum atomic E-state index is -0.255. The van der Waals surface area contributed by atoms with Crippen LogP contribution in [0, 0.1) is 19.8 Å². The third-order valence-corrected chi connectivity index (χ3v) is 7.60. The Balaban J connectivity index is 1.92. The minimum absolute atomic E-state index is 0.00496. The maximum atomic E-state index is 13.1. The van der Waals surface area contributed by atoms with E-state index in [4.69, 9.17) is 4.98 Å². The van der Waals surface area contributed by atoms with Gasteiger partial charge in [0.2, 0.25) is 5.91 Å². The van der Waals surface area contributed by atoms with Gasteiger partial charge in [-0.1, -0.05) is 18.7 Å². The molecule has 0 N–H and O–H groups in total. The summed E-state index contributed by atoms with van der Waals surface area (Å²) in [6.45, 7) is 13.8.